The molecule has 3 N–H and O–H groups in total. The first kappa shape index (κ1) is 17.7. The first-order valence-electron chi connectivity index (χ1n) is 7.78. The van der Waals surface area contributed by atoms with Gasteiger partial charge in [0.15, 0.2) is 0 Å². The molecule has 0 aliphatic carbocycles. The van der Waals surface area contributed by atoms with E-state index in [0.717, 1.165) is 9.79 Å². The van der Waals surface area contributed by atoms with Gasteiger partial charge in [-0.15, -0.1) is 0 Å². The Bertz CT molecular complexity index is 743. The van der Waals surface area contributed by atoms with Crippen LogP contribution in [0.3, 0.4) is 0 Å². The molecule has 1 fully saturated rings. The van der Waals surface area contributed by atoms with Crippen molar-refractivity contribution < 1.29 is 19.9 Å². The Labute approximate surface area is 148 Å². The van der Waals surface area contributed by atoms with E-state index >= 15 is 0 Å². The Balaban J connectivity index is 1.79. The molecule has 0 bridgehead atoms. The lowest BCUT2D eigenvalue weighted by atomic mass is 10.1. The third-order valence-electron chi connectivity index (χ3n) is 3.78. The molecule has 0 saturated carbocycles. The van der Waals surface area contributed by atoms with Crippen molar-refractivity contribution in [2.45, 2.75) is 34.6 Å². The van der Waals surface area contributed by atoms with Crippen LogP contribution in [0.1, 0.15) is 6.42 Å². The normalized spacial score (nSPS) is 23.2. The first-order valence-corrected chi connectivity index (χ1v) is 8.59. The summed E-state index contributed by atoms with van der Waals surface area (Å²) in [5, 5.41) is 33.5. The quantitative estimate of drug-likeness (QED) is 0.555. The number of nitro groups is 1. The lowest BCUT2D eigenvalue weighted by molar-refractivity contribution is -0.385. The van der Waals surface area contributed by atoms with Crippen LogP contribution in [0.15, 0.2) is 58.3 Å². The highest BCUT2D eigenvalue weighted by molar-refractivity contribution is 7.99. The van der Waals surface area contributed by atoms with E-state index in [2.05, 4.69) is 5.32 Å². The number of aliphatic hydroxyl groups is 2. The number of benzene rings is 2. The fraction of sp³-hybridized carbons (Fsp3) is 0.294. The molecule has 1 saturated heterocycles. The summed E-state index contributed by atoms with van der Waals surface area (Å²) in [6, 6.07) is 14.3. The van der Waals surface area contributed by atoms with Crippen LogP contribution in [-0.2, 0) is 4.74 Å². The Kier molecular flexibility index (Phi) is 5.54. The molecule has 8 heteroatoms. The number of ether oxygens (including phenoxy) is 1. The molecule has 0 spiro atoms. The molecule has 0 aromatic heterocycles. The van der Waals surface area contributed by atoms with Gasteiger partial charge in [0.2, 0.25) is 0 Å². The van der Waals surface area contributed by atoms with Crippen molar-refractivity contribution in [3.8, 4) is 0 Å². The summed E-state index contributed by atoms with van der Waals surface area (Å²) in [5.74, 6) is 0. The molecule has 2 aromatic carbocycles. The highest BCUT2D eigenvalue weighted by Crippen LogP contribution is 2.33. The topological polar surface area (TPSA) is 105 Å². The Morgan fingerprint density at radius 3 is 2.56 bits per heavy atom. The van der Waals surface area contributed by atoms with Gasteiger partial charge in [0.25, 0.3) is 5.69 Å². The average molecular weight is 362 g/mol. The molecular weight excluding hydrogens is 344 g/mol. The minimum absolute atomic E-state index is 0.0133. The van der Waals surface area contributed by atoms with Gasteiger partial charge < -0.3 is 20.3 Å². The first-order chi connectivity index (χ1) is 12.0. The number of non-ortho nitro benzene ring substituents is 1. The maximum atomic E-state index is 11.2. The highest BCUT2D eigenvalue weighted by atomic mass is 32.2. The van der Waals surface area contributed by atoms with Gasteiger partial charge in [-0.1, -0.05) is 30.0 Å². The second-order valence-electron chi connectivity index (χ2n) is 5.72. The zero-order valence-electron chi connectivity index (χ0n) is 13.2. The fourth-order valence-electron chi connectivity index (χ4n) is 2.51. The monoisotopic (exact) mass is 362 g/mol. The van der Waals surface area contributed by atoms with Gasteiger partial charge in [-0.2, -0.15) is 0 Å². The van der Waals surface area contributed by atoms with Crippen molar-refractivity contribution in [1.29, 1.82) is 0 Å². The van der Waals surface area contributed by atoms with Crippen LogP contribution in [0.25, 0.3) is 0 Å². The molecule has 1 aliphatic heterocycles. The summed E-state index contributed by atoms with van der Waals surface area (Å²) in [7, 11) is 0. The van der Waals surface area contributed by atoms with Gasteiger partial charge in [-0.05, 0) is 18.2 Å². The minimum Gasteiger partial charge on any atom is -0.390 e. The van der Waals surface area contributed by atoms with E-state index in [1.165, 1.54) is 23.9 Å². The van der Waals surface area contributed by atoms with Crippen molar-refractivity contribution in [3.05, 3.63) is 58.6 Å². The summed E-state index contributed by atoms with van der Waals surface area (Å²) < 4.78 is 5.43. The van der Waals surface area contributed by atoms with E-state index in [4.69, 9.17) is 4.74 Å². The van der Waals surface area contributed by atoms with Gasteiger partial charge in [0, 0.05) is 34.0 Å². The molecule has 0 amide bonds. The van der Waals surface area contributed by atoms with E-state index < -0.39 is 23.4 Å². The van der Waals surface area contributed by atoms with Crippen LogP contribution in [0.4, 0.5) is 11.4 Å². The van der Waals surface area contributed by atoms with Crippen molar-refractivity contribution >= 4 is 23.1 Å². The number of nitro benzene ring substituents is 1. The molecule has 132 valence electrons. The number of rotatable bonds is 5. The van der Waals surface area contributed by atoms with Crippen molar-refractivity contribution in [1.82, 2.24) is 0 Å². The average Bonchev–Trinajstić information content (AvgIpc) is 2.59. The third kappa shape index (κ3) is 4.70. The molecule has 0 unspecified atom stereocenters. The van der Waals surface area contributed by atoms with Crippen LogP contribution in [-0.4, -0.2) is 40.2 Å². The number of nitrogens with one attached hydrogen (secondary N) is 1. The Morgan fingerprint density at radius 2 is 1.88 bits per heavy atom. The smallest absolute Gasteiger partial charge is 0.272 e. The number of nitrogens with zero attached hydrogens (tertiary/aromatic N) is 1. The molecule has 25 heavy (non-hydrogen) atoms. The molecule has 7 nitrogen and oxygen atoms in total. The summed E-state index contributed by atoms with van der Waals surface area (Å²) in [4.78, 5) is 12.5. The second-order valence-corrected chi connectivity index (χ2v) is 6.87. The zero-order valence-corrected chi connectivity index (χ0v) is 14.1. The van der Waals surface area contributed by atoms with Crippen molar-refractivity contribution in [3.63, 3.8) is 0 Å². The number of hydrogen-bond donors (Lipinski definition) is 3. The van der Waals surface area contributed by atoms with Gasteiger partial charge in [0.1, 0.15) is 12.3 Å². The van der Waals surface area contributed by atoms with Gasteiger partial charge >= 0.3 is 0 Å². The molecule has 0 radical (unpaired) electrons. The Hall–Kier alpha value is -2.13. The maximum absolute atomic E-state index is 11.2. The number of aliphatic hydroxyl groups excluding tert-OH is 2. The molecule has 3 rings (SSSR count). The summed E-state index contributed by atoms with van der Waals surface area (Å²) in [6.45, 7) is 0.0133. The number of anilines is 1. The molecule has 2 aromatic rings. The van der Waals surface area contributed by atoms with Crippen molar-refractivity contribution in [2.75, 3.05) is 11.9 Å². The van der Waals surface area contributed by atoms with Crippen LogP contribution < -0.4 is 5.32 Å². The maximum Gasteiger partial charge on any atom is 0.272 e. The van der Waals surface area contributed by atoms with Crippen LogP contribution >= 0.6 is 11.8 Å². The lowest BCUT2D eigenvalue weighted by Crippen LogP contribution is -2.44. The largest absolute Gasteiger partial charge is 0.390 e. The van der Waals surface area contributed by atoms with E-state index in [0.29, 0.717) is 5.69 Å². The van der Waals surface area contributed by atoms with E-state index in [-0.39, 0.29) is 18.7 Å². The zero-order chi connectivity index (χ0) is 17.8. The second kappa shape index (κ2) is 7.83. The molecule has 1 aliphatic rings. The summed E-state index contributed by atoms with van der Waals surface area (Å²) in [6.07, 6.45) is -2.11. The van der Waals surface area contributed by atoms with Crippen LogP contribution in [0.2, 0.25) is 0 Å². The van der Waals surface area contributed by atoms with Crippen LogP contribution in [0.5, 0.6) is 0 Å². The Morgan fingerprint density at radius 1 is 1.12 bits per heavy atom. The van der Waals surface area contributed by atoms with E-state index in [1.54, 1.807) is 6.07 Å². The summed E-state index contributed by atoms with van der Waals surface area (Å²) >= 11 is 1.42. The van der Waals surface area contributed by atoms with E-state index in [1.807, 2.05) is 30.3 Å². The third-order valence-corrected chi connectivity index (χ3v) is 4.76. The SMILES string of the molecule is O=[N+]([O-])c1cc(N[C@H]2C[C@@H](O)[C@H](O)CO2)cc(Sc2ccccc2)c1. The highest BCUT2D eigenvalue weighted by Gasteiger charge is 2.28. The van der Waals surface area contributed by atoms with E-state index in [9.17, 15) is 20.3 Å². The predicted molar refractivity (Wildman–Crippen MR) is 93.7 cm³/mol. The summed E-state index contributed by atoms with van der Waals surface area (Å²) in [5.41, 5.74) is 0.501. The molecule has 3 atom stereocenters. The predicted octanol–water partition coefficient (Wildman–Crippen LogP) is 2.63. The number of hydrogen-bond acceptors (Lipinski definition) is 7. The van der Waals surface area contributed by atoms with Gasteiger partial charge in [0.05, 0.1) is 17.6 Å². The van der Waals surface area contributed by atoms with Crippen molar-refractivity contribution in [2.24, 2.45) is 0 Å². The fourth-order valence-corrected chi connectivity index (χ4v) is 3.44. The standard InChI is InChI=1S/C17H18N2O5S/c20-15-9-17(24-10-16(15)21)18-11-6-12(19(22)23)8-14(7-11)25-13-4-2-1-3-5-13/h1-8,15-18,20-21H,9-10H2/t15-,16-,17-/m1/s1. The van der Waals surface area contributed by atoms with Gasteiger partial charge in [-0.3, -0.25) is 10.1 Å². The minimum atomic E-state index is -0.910. The molecular formula is C17H18N2O5S. The van der Waals surface area contributed by atoms with Crippen LogP contribution in [0, 0.1) is 10.1 Å². The lowest BCUT2D eigenvalue weighted by Gasteiger charge is -2.31. The van der Waals surface area contributed by atoms with Gasteiger partial charge in [-0.25, -0.2) is 0 Å². The molecule has 1 heterocycles.